The summed E-state index contributed by atoms with van der Waals surface area (Å²) in [5.41, 5.74) is 0.628. The highest BCUT2D eigenvalue weighted by atomic mass is 32.2. The molecule has 2 N–H and O–H groups in total. The first-order valence-electron chi connectivity index (χ1n) is 6.83. The number of furan rings is 1. The molecule has 0 bridgehead atoms. The van der Waals surface area contributed by atoms with E-state index in [1.165, 1.54) is 6.26 Å². The second-order valence-electron chi connectivity index (χ2n) is 4.90. The zero-order valence-electron chi connectivity index (χ0n) is 12.1. The number of amides is 1. The summed E-state index contributed by atoms with van der Waals surface area (Å²) >= 11 is 1.64. The van der Waals surface area contributed by atoms with E-state index in [-0.39, 0.29) is 12.5 Å². The summed E-state index contributed by atoms with van der Waals surface area (Å²) in [6.07, 6.45) is 0.656. The number of carbonyl (C=O) groups is 1. The summed E-state index contributed by atoms with van der Waals surface area (Å²) in [6, 6.07) is 10.9. The number of rotatable bonds is 6. The van der Waals surface area contributed by atoms with E-state index in [2.05, 4.69) is 19.2 Å². The van der Waals surface area contributed by atoms with Crippen molar-refractivity contribution >= 4 is 17.7 Å². The van der Waals surface area contributed by atoms with Crippen LogP contribution in [0.25, 0.3) is 0 Å². The van der Waals surface area contributed by atoms with Crippen LogP contribution < -0.4 is 5.32 Å². The van der Waals surface area contributed by atoms with Gasteiger partial charge in [-0.25, -0.2) is 0 Å². The second-order valence-corrected chi connectivity index (χ2v) is 6.52. The number of hydrogen-bond donors (Lipinski definition) is 2. The van der Waals surface area contributed by atoms with Gasteiger partial charge in [0.25, 0.3) is 5.91 Å². The van der Waals surface area contributed by atoms with Crippen molar-refractivity contribution < 1.29 is 14.3 Å². The van der Waals surface area contributed by atoms with Gasteiger partial charge in [0.05, 0.1) is 18.4 Å². The molecule has 1 aromatic heterocycles. The van der Waals surface area contributed by atoms with E-state index >= 15 is 0 Å². The Kier molecular flexibility index (Phi) is 5.47. The minimum Gasteiger partial charge on any atom is -0.467 e. The molecular formula is C16H19NO3S. The molecule has 0 aliphatic carbocycles. The van der Waals surface area contributed by atoms with E-state index in [0.717, 1.165) is 4.90 Å². The topological polar surface area (TPSA) is 62.5 Å². The first-order chi connectivity index (χ1) is 10.1. The van der Waals surface area contributed by atoms with Crippen LogP contribution in [0.3, 0.4) is 0 Å². The Bertz CT molecular complexity index is 581. The Morgan fingerprint density at radius 3 is 2.71 bits per heavy atom. The van der Waals surface area contributed by atoms with Gasteiger partial charge in [0, 0.05) is 10.1 Å². The van der Waals surface area contributed by atoms with Gasteiger partial charge in [0.1, 0.15) is 11.9 Å². The normalized spacial score (nSPS) is 12.4. The Morgan fingerprint density at radius 1 is 1.29 bits per heavy atom. The zero-order chi connectivity index (χ0) is 15.2. The zero-order valence-corrected chi connectivity index (χ0v) is 12.9. The molecule has 21 heavy (non-hydrogen) atoms. The summed E-state index contributed by atoms with van der Waals surface area (Å²) in [6.45, 7) is 4.28. The molecule has 1 amide bonds. The van der Waals surface area contributed by atoms with Gasteiger partial charge in [-0.05, 0) is 24.3 Å². The van der Waals surface area contributed by atoms with Crippen LogP contribution in [0.4, 0.5) is 0 Å². The number of aliphatic hydroxyl groups excluding tert-OH is 1. The average molecular weight is 305 g/mol. The molecule has 1 atom stereocenters. The van der Waals surface area contributed by atoms with Crippen LogP contribution in [0.2, 0.25) is 0 Å². The minimum absolute atomic E-state index is 0.118. The molecular weight excluding hydrogens is 286 g/mol. The fourth-order valence-corrected chi connectivity index (χ4v) is 2.83. The smallest absolute Gasteiger partial charge is 0.252 e. The lowest BCUT2D eigenvalue weighted by Gasteiger charge is -2.13. The van der Waals surface area contributed by atoms with Crippen molar-refractivity contribution in [2.75, 3.05) is 6.54 Å². The molecule has 0 aliphatic heterocycles. The van der Waals surface area contributed by atoms with Crippen molar-refractivity contribution in [3.63, 3.8) is 0 Å². The Labute approximate surface area is 128 Å². The molecule has 1 aromatic carbocycles. The van der Waals surface area contributed by atoms with Crippen molar-refractivity contribution in [3.05, 3.63) is 54.0 Å². The third kappa shape index (κ3) is 4.37. The van der Waals surface area contributed by atoms with Crippen LogP contribution in [-0.4, -0.2) is 22.8 Å². The van der Waals surface area contributed by atoms with Crippen LogP contribution in [0.5, 0.6) is 0 Å². The first kappa shape index (κ1) is 15.7. The van der Waals surface area contributed by atoms with E-state index in [9.17, 15) is 9.90 Å². The van der Waals surface area contributed by atoms with Gasteiger partial charge in [-0.2, -0.15) is 0 Å². The second kappa shape index (κ2) is 7.33. The number of carbonyl (C=O) groups excluding carboxylic acids is 1. The molecule has 1 heterocycles. The summed E-state index contributed by atoms with van der Waals surface area (Å²) in [4.78, 5) is 13.2. The molecule has 4 nitrogen and oxygen atoms in total. The number of nitrogens with one attached hydrogen (secondary N) is 1. The molecule has 0 saturated heterocycles. The highest BCUT2D eigenvalue weighted by molar-refractivity contribution is 8.00. The Hall–Kier alpha value is -1.72. The van der Waals surface area contributed by atoms with E-state index in [4.69, 9.17) is 4.42 Å². The predicted octanol–water partition coefficient (Wildman–Crippen LogP) is 3.24. The Morgan fingerprint density at radius 2 is 2.05 bits per heavy atom. The lowest BCUT2D eigenvalue weighted by atomic mass is 10.2. The molecule has 112 valence electrons. The maximum Gasteiger partial charge on any atom is 0.252 e. The molecule has 0 fully saturated rings. The lowest BCUT2D eigenvalue weighted by Crippen LogP contribution is -2.28. The fraction of sp³-hybridized carbons (Fsp3) is 0.312. The average Bonchev–Trinajstić information content (AvgIpc) is 2.98. The molecule has 0 saturated carbocycles. The monoisotopic (exact) mass is 305 g/mol. The number of aliphatic hydroxyl groups is 1. The third-order valence-corrected chi connectivity index (χ3v) is 3.90. The van der Waals surface area contributed by atoms with Crippen LogP contribution >= 0.6 is 11.8 Å². The van der Waals surface area contributed by atoms with E-state index in [1.54, 1.807) is 30.0 Å². The SMILES string of the molecule is CC(C)Sc1ccccc1C(=O)NCC(O)c1ccco1. The summed E-state index contributed by atoms with van der Waals surface area (Å²) in [5, 5.41) is 13.0. The Balaban J connectivity index is 2.00. The van der Waals surface area contributed by atoms with Crippen LogP contribution in [0, 0.1) is 0 Å². The molecule has 0 aliphatic rings. The summed E-state index contributed by atoms with van der Waals surface area (Å²) < 4.78 is 5.10. The minimum atomic E-state index is -0.839. The maximum atomic E-state index is 12.3. The highest BCUT2D eigenvalue weighted by Gasteiger charge is 2.15. The van der Waals surface area contributed by atoms with Crippen LogP contribution in [0.1, 0.15) is 36.1 Å². The molecule has 0 radical (unpaired) electrons. The summed E-state index contributed by atoms with van der Waals surface area (Å²) in [5.74, 6) is 0.254. The fourth-order valence-electron chi connectivity index (χ4n) is 1.88. The van der Waals surface area contributed by atoms with Crippen molar-refractivity contribution in [3.8, 4) is 0 Å². The number of benzene rings is 1. The molecule has 0 spiro atoms. The van der Waals surface area contributed by atoms with Gasteiger partial charge in [0.2, 0.25) is 0 Å². The van der Waals surface area contributed by atoms with Gasteiger partial charge in [-0.1, -0.05) is 26.0 Å². The van der Waals surface area contributed by atoms with Gasteiger partial charge in [-0.3, -0.25) is 4.79 Å². The molecule has 1 unspecified atom stereocenters. The van der Waals surface area contributed by atoms with Crippen LogP contribution in [0.15, 0.2) is 52.0 Å². The van der Waals surface area contributed by atoms with Crippen molar-refractivity contribution in [2.45, 2.75) is 30.1 Å². The van der Waals surface area contributed by atoms with Gasteiger partial charge in [0.15, 0.2) is 0 Å². The summed E-state index contributed by atoms with van der Waals surface area (Å²) in [7, 11) is 0. The van der Waals surface area contributed by atoms with E-state index < -0.39 is 6.10 Å². The quantitative estimate of drug-likeness (QED) is 0.804. The van der Waals surface area contributed by atoms with Crippen molar-refractivity contribution in [1.82, 2.24) is 5.32 Å². The molecule has 2 aromatic rings. The predicted molar refractivity (Wildman–Crippen MR) is 83.4 cm³/mol. The molecule has 2 rings (SSSR count). The first-order valence-corrected chi connectivity index (χ1v) is 7.71. The van der Waals surface area contributed by atoms with Gasteiger partial charge in [-0.15, -0.1) is 11.8 Å². The number of thioether (sulfide) groups is 1. The molecule has 5 heteroatoms. The highest BCUT2D eigenvalue weighted by Crippen LogP contribution is 2.26. The van der Waals surface area contributed by atoms with Crippen LogP contribution in [-0.2, 0) is 0 Å². The van der Waals surface area contributed by atoms with E-state index in [0.29, 0.717) is 16.6 Å². The van der Waals surface area contributed by atoms with Crippen molar-refractivity contribution in [2.24, 2.45) is 0 Å². The standard InChI is InChI=1S/C16H19NO3S/c1-11(2)21-15-8-4-3-6-12(15)16(19)17-10-13(18)14-7-5-9-20-14/h3-9,11,13,18H,10H2,1-2H3,(H,17,19). The largest absolute Gasteiger partial charge is 0.467 e. The van der Waals surface area contributed by atoms with Crippen molar-refractivity contribution in [1.29, 1.82) is 0 Å². The van der Waals surface area contributed by atoms with E-state index in [1.807, 2.05) is 18.2 Å². The number of hydrogen-bond acceptors (Lipinski definition) is 4. The van der Waals surface area contributed by atoms with Gasteiger partial charge < -0.3 is 14.8 Å². The lowest BCUT2D eigenvalue weighted by molar-refractivity contribution is 0.0898. The van der Waals surface area contributed by atoms with Gasteiger partial charge >= 0.3 is 0 Å². The third-order valence-electron chi connectivity index (χ3n) is 2.82. The maximum absolute atomic E-state index is 12.3.